The molecule has 9 heteroatoms. The Hall–Kier alpha value is -2.10. The van der Waals surface area contributed by atoms with E-state index in [1.165, 1.54) is 0 Å². The minimum Gasteiger partial charge on any atom is -0.493 e. The lowest BCUT2D eigenvalue weighted by Crippen LogP contribution is -2.40. The first-order valence-corrected chi connectivity index (χ1v) is 11.6. The Labute approximate surface area is 179 Å². The highest BCUT2D eigenvalue weighted by Gasteiger charge is 2.18. The van der Waals surface area contributed by atoms with Gasteiger partial charge in [-0.05, 0) is 52.5 Å². The topological polar surface area (TPSA) is 90.9 Å². The molecule has 1 unspecified atom stereocenters. The number of rotatable bonds is 10. The molecule has 2 aromatic rings. The normalized spacial score (nSPS) is 12.2. The molecule has 2 rings (SSSR count). The average Bonchev–Trinajstić information content (AvgIpc) is 2.67. The van der Waals surface area contributed by atoms with E-state index in [4.69, 9.17) is 13.7 Å². The third kappa shape index (κ3) is 8.84. The van der Waals surface area contributed by atoms with Crippen LogP contribution in [-0.4, -0.2) is 40.0 Å². The SMILES string of the molecule is CCOc1ccc(CC(COS(C)(=O)=O)NC(=O)OCc2ccccc2)cc1Br. The molecular weight excluding hydrogens is 462 g/mol. The van der Waals surface area contributed by atoms with E-state index in [-0.39, 0.29) is 13.2 Å². The predicted octanol–water partition coefficient (Wildman–Crippen LogP) is 3.66. The van der Waals surface area contributed by atoms with Gasteiger partial charge in [0.1, 0.15) is 12.4 Å². The third-order valence-electron chi connectivity index (χ3n) is 3.80. The summed E-state index contributed by atoms with van der Waals surface area (Å²) in [7, 11) is -3.65. The maximum absolute atomic E-state index is 12.2. The highest BCUT2D eigenvalue weighted by Crippen LogP contribution is 2.26. The van der Waals surface area contributed by atoms with Crippen LogP contribution in [0.3, 0.4) is 0 Å². The Bertz CT molecular complexity index is 904. The molecular formula is C20H24BrNO6S. The number of alkyl carbamates (subject to hydrolysis) is 1. The summed E-state index contributed by atoms with van der Waals surface area (Å²) in [5, 5.41) is 2.67. The fourth-order valence-corrected chi connectivity index (χ4v) is 3.47. The van der Waals surface area contributed by atoms with Gasteiger partial charge in [-0.3, -0.25) is 4.18 Å². The predicted molar refractivity (Wildman–Crippen MR) is 113 cm³/mol. The Balaban J connectivity index is 2.01. The summed E-state index contributed by atoms with van der Waals surface area (Å²) in [5.74, 6) is 0.704. The number of carbonyl (C=O) groups excluding carboxylic acids is 1. The van der Waals surface area contributed by atoms with Crippen LogP contribution in [0.15, 0.2) is 53.0 Å². The highest BCUT2D eigenvalue weighted by atomic mass is 79.9. The zero-order valence-corrected chi connectivity index (χ0v) is 18.7. The molecule has 2 aromatic carbocycles. The summed E-state index contributed by atoms with van der Waals surface area (Å²) >= 11 is 3.45. The van der Waals surface area contributed by atoms with Crippen molar-refractivity contribution in [2.45, 2.75) is 26.0 Å². The zero-order chi connectivity index (χ0) is 21.3. The van der Waals surface area contributed by atoms with Crippen molar-refractivity contribution in [2.24, 2.45) is 0 Å². The van der Waals surface area contributed by atoms with Gasteiger partial charge in [-0.25, -0.2) is 4.79 Å². The number of ether oxygens (including phenoxy) is 2. The first kappa shape index (κ1) is 23.2. The van der Waals surface area contributed by atoms with Crippen LogP contribution in [0.1, 0.15) is 18.1 Å². The van der Waals surface area contributed by atoms with Crippen LogP contribution in [0.4, 0.5) is 4.79 Å². The second-order valence-corrected chi connectivity index (χ2v) is 8.79. The molecule has 0 aromatic heterocycles. The third-order valence-corrected chi connectivity index (χ3v) is 4.98. The minimum atomic E-state index is -3.65. The van der Waals surface area contributed by atoms with Gasteiger partial charge in [0.05, 0.1) is 30.0 Å². The molecule has 158 valence electrons. The Kier molecular flexibility index (Phi) is 8.94. The van der Waals surface area contributed by atoms with E-state index >= 15 is 0 Å². The lowest BCUT2D eigenvalue weighted by Gasteiger charge is -2.19. The van der Waals surface area contributed by atoms with Gasteiger partial charge >= 0.3 is 6.09 Å². The summed E-state index contributed by atoms with van der Waals surface area (Å²) < 4.78 is 39.1. The van der Waals surface area contributed by atoms with Crippen molar-refractivity contribution in [2.75, 3.05) is 19.5 Å². The first-order chi connectivity index (χ1) is 13.8. The number of benzene rings is 2. The Morgan fingerprint density at radius 3 is 2.48 bits per heavy atom. The van der Waals surface area contributed by atoms with E-state index in [0.29, 0.717) is 18.8 Å². The minimum absolute atomic E-state index is 0.112. The number of carbonyl (C=O) groups is 1. The van der Waals surface area contributed by atoms with Crippen LogP contribution >= 0.6 is 15.9 Å². The smallest absolute Gasteiger partial charge is 0.407 e. The molecule has 1 amide bonds. The Morgan fingerprint density at radius 1 is 1.14 bits per heavy atom. The van der Waals surface area contributed by atoms with Crippen LogP contribution in [0.25, 0.3) is 0 Å². The van der Waals surface area contributed by atoms with Gasteiger partial charge in [-0.15, -0.1) is 0 Å². The van der Waals surface area contributed by atoms with Crippen LogP contribution in [-0.2, 0) is 32.1 Å². The first-order valence-electron chi connectivity index (χ1n) is 8.99. The van der Waals surface area contributed by atoms with Crippen LogP contribution in [0.5, 0.6) is 5.75 Å². The van der Waals surface area contributed by atoms with Crippen molar-refractivity contribution in [1.82, 2.24) is 5.32 Å². The van der Waals surface area contributed by atoms with Crippen molar-refractivity contribution >= 4 is 32.1 Å². The monoisotopic (exact) mass is 485 g/mol. The number of nitrogens with one attached hydrogen (secondary N) is 1. The van der Waals surface area contributed by atoms with E-state index < -0.39 is 22.3 Å². The number of halogens is 1. The summed E-state index contributed by atoms with van der Waals surface area (Å²) in [6, 6.07) is 14.2. The second kappa shape index (κ2) is 11.2. The molecule has 0 spiro atoms. The molecule has 7 nitrogen and oxygen atoms in total. The summed E-state index contributed by atoms with van der Waals surface area (Å²) in [5.41, 5.74) is 1.72. The molecule has 1 atom stereocenters. The van der Waals surface area contributed by atoms with Gasteiger partial charge in [0, 0.05) is 0 Å². The number of hydrogen-bond acceptors (Lipinski definition) is 6. The van der Waals surface area contributed by atoms with E-state index in [2.05, 4.69) is 21.2 Å². The lowest BCUT2D eigenvalue weighted by atomic mass is 10.1. The molecule has 29 heavy (non-hydrogen) atoms. The van der Waals surface area contributed by atoms with E-state index in [0.717, 1.165) is 21.9 Å². The standard InChI is InChI=1S/C20H24BrNO6S/c1-3-26-19-10-9-16(12-18(19)21)11-17(14-28-29(2,24)25)22-20(23)27-13-15-7-5-4-6-8-15/h4-10,12,17H,3,11,13-14H2,1-2H3,(H,22,23). The quantitative estimate of drug-likeness (QED) is 0.516. The number of amides is 1. The van der Waals surface area contributed by atoms with Crippen molar-refractivity contribution in [1.29, 1.82) is 0 Å². The molecule has 0 bridgehead atoms. The van der Waals surface area contributed by atoms with Crippen molar-refractivity contribution in [3.05, 3.63) is 64.1 Å². The van der Waals surface area contributed by atoms with Crippen molar-refractivity contribution in [3.8, 4) is 5.75 Å². The summed E-state index contributed by atoms with van der Waals surface area (Å²) in [6.07, 6.45) is 0.660. The largest absolute Gasteiger partial charge is 0.493 e. The van der Waals surface area contributed by atoms with Gasteiger partial charge in [0.25, 0.3) is 10.1 Å². The summed E-state index contributed by atoms with van der Waals surface area (Å²) in [6.45, 7) is 2.34. The molecule has 0 aliphatic rings. The molecule has 0 radical (unpaired) electrons. The van der Waals surface area contributed by atoms with Gasteiger partial charge in [0.15, 0.2) is 0 Å². The van der Waals surface area contributed by atoms with Crippen LogP contribution in [0, 0.1) is 0 Å². The molecule has 0 aliphatic heterocycles. The van der Waals surface area contributed by atoms with E-state index in [1.54, 1.807) is 0 Å². The van der Waals surface area contributed by atoms with Crippen LogP contribution < -0.4 is 10.1 Å². The van der Waals surface area contributed by atoms with Crippen LogP contribution in [0.2, 0.25) is 0 Å². The number of hydrogen-bond donors (Lipinski definition) is 1. The van der Waals surface area contributed by atoms with Gasteiger partial charge in [-0.2, -0.15) is 8.42 Å². The van der Waals surface area contributed by atoms with E-state index in [1.807, 2.05) is 55.5 Å². The molecule has 0 fully saturated rings. The van der Waals surface area contributed by atoms with Gasteiger partial charge < -0.3 is 14.8 Å². The average molecular weight is 486 g/mol. The maximum atomic E-state index is 12.2. The van der Waals surface area contributed by atoms with Gasteiger partial charge in [0.2, 0.25) is 0 Å². The second-order valence-electron chi connectivity index (χ2n) is 6.29. The molecule has 0 aliphatic carbocycles. The molecule has 0 saturated carbocycles. The fraction of sp³-hybridized carbons (Fsp3) is 0.350. The lowest BCUT2D eigenvalue weighted by molar-refractivity contribution is 0.131. The maximum Gasteiger partial charge on any atom is 0.407 e. The van der Waals surface area contributed by atoms with Gasteiger partial charge in [-0.1, -0.05) is 36.4 Å². The molecule has 0 heterocycles. The van der Waals surface area contributed by atoms with E-state index in [9.17, 15) is 13.2 Å². The molecule has 1 N–H and O–H groups in total. The highest BCUT2D eigenvalue weighted by molar-refractivity contribution is 9.10. The fourth-order valence-electron chi connectivity index (χ4n) is 2.52. The Morgan fingerprint density at radius 2 is 1.86 bits per heavy atom. The summed E-state index contributed by atoms with van der Waals surface area (Å²) in [4.78, 5) is 12.2. The molecule has 0 saturated heterocycles. The zero-order valence-electron chi connectivity index (χ0n) is 16.3. The van der Waals surface area contributed by atoms with Crippen molar-refractivity contribution in [3.63, 3.8) is 0 Å². The van der Waals surface area contributed by atoms with Crippen molar-refractivity contribution < 1.29 is 26.9 Å².